The fraction of sp³-hybridized carbons (Fsp3) is 0.500. The fourth-order valence-corrected chi connectivity index (χ4v) is 0.397. The summed E-state index contributed by atoms with van der Waals surface area (Å²) in [5.74, 6) is 0.231. The number of carbonyl (C=O) groups excluding carboxylic acids is 1. The molecule has 0 spiro atoms. The van der Waals surface area contributed by atoms with E-state index in [-0.39, 0.29) is 5.78 Å². The van der Waals surface area contributed by atoms with Gasteiger partial charge in [-0.1, -0.05) is 0 Å². The maximum absolute atomic E-state index is 10.1. The smallest absolute Gasteiger partial charge is 0.159 e. The Labute approximate surface area is 35.9 Å². The molecule has 0 bridgehead atoms. The molecular weight excluding hydrogens is 78.0 g/mol. The molecule has 1 rings (SSSR count). The van der Waals surface area contributed by atoms with Crippen molar-refractivity contribution in [2.24, 2.45) is 4.99 Å². The zero-order valence-electron chi connectivity index (χ0n) is 3.35. The van der Waals surface area contributed by atoms with Gasteiger partial charge in [-0.2, -0.15) is 0 Å². The maximum atomic E-state index is 10.1. The molecule has 0 aromatic carbocycles. The average Bonchev–Trinajstić information content (AvgIpc) is 1.86. The molecule has 0 saturated heterocycles. The third-order valence-corrected chi connectivity index (χ3v) is 0.716. The van der Waals surface area contributed by atoms with E-state index in [1.807, 2.05) is 0 Å². The van der Waals surface area contributed by atoms with E-state index in [0.29, 0.717) is 13.0 Å². The Morgan fingerprint density at radius 1 is 1.83 bits per heavy atom. The Morgan fingerprint density at radius 3 is 2.83 bits per heavy atom. The lowest BCUT2D eigenvalue weighted by Gasteiger charge is -1.70. The van der Waals surface area contributed by atoms with Crippen LogP contribution in [-0.4, -0.2) is 18.5 Å². The normalized spacial score (nSPS) is 19.7. The van der Waals surface area contributed by atoms with E-state index in [2.05, 4.69) is 4.99 Å². The van der Waals surface area contributed by atoms with Crippen molar-refractivity contribution in [2.75, 3.05) is 6.54 Å². The highest BCUT2D eigenvalue weighted by Crippen LogP contribution is 1.87. The number of carbonyl (C=O) groups is 1. The Hall–Kier alpha value is -0.660. The highest BCUT2D eigenvalue weighted by atomic mass is 16.1. The fourth-order valence-electron chi connectivity index (χ4n) is 0.397. The topological polar surface area (TPSA) is 29.4 Å². The monoisotopic (exact) mass is 83.0 g/mol. The van der Waals surface area contributed by atoms with Crippen LogP contribution < -0.4 is 0 Å². The third-order valence-electron chi connectivity index (χ3n) is 0.716. The van der Waals surface area contributed by atoms with E-state index in [1.165, 1.54) is 0 Å². The van der Waals surface area contributed by atoms with E-state index in [9.17, 15) is 4.79 Å². The predicted octanol–water partition coefficient (Wildman–Crippen LogP) is 0.0300. The molecule has 0 amide bonds. The van der Waals surface area contributed by atoms with Crippen molar-refractivity contribution in [1.29, 1.82) is 0 Å². The molecule has 0 aromatic heterocycles. The number of aliphatic imine (C=N–C) groups is 1. The van der Waals surface area contributed by atoms with Gasteiger partial charge >= 0.3 is 0 Å². The van der Waals surface area contributed by atoms with Crippen LogP contribution in [0.5, 0.6) is 0 Å². The third kappa shape index (κ3) is 0.455. The number of hydrogen-bond donors (Lipinski definition) is 0. The molecule has 2 heteroatoms. The van der Waals surface area contributed by atoms with Gasteiger partial charge in [0.15, 0.2) is 5.78 Å². The predicted molar refractivity (Wildman–Crippen MR) is 23.0 cm³/mol. The van der Waals surface area contributed by atoms with Gasteiger partial charge in [0.05, 0.1) is 6.54 Å². The second kappa shape index (κ2) is 1.20. The first-order valence-electron chi connectivity index (χ1n) is 1.89. The molecule has 0 aliphatic carbocycles. The number of hydrogen-bond acceptors (Lipinski definition) is 2. The molecule has 1 aliphatic rings. The minimum Gasteiger partial charge on any atom is -0.297 e. The quantitative estimate of drug-likeness (QED) is 0.406. The zero-order chi connectivity index (χ0) is 4.41. The lowest BCUT2D eigenvalue weighted by Crippen LogP contribution is -1.91. The molecule has 6 heavy (non-hydrogen) atoms. The largest absolute Gasteiger partial charge is 0.297 e. The van der Waals surface area contributed by atoms with E-state index < -0.39 is 0 Å². The lowest BCUT2D eigenvalue weighted by atomic mass is 10.4. The summed E-state index contributed by atoms with van der Waals surface area (Å²) in [5.41, 5.74) is 0. The minimum absolute atomic E-state index is 0.231. The number of nitrogens with zero attached hydrogens (tertiary/aromatic N) is 1. The first kappa shape index (κ1) is 3.53. The molecule has 1 aliphatic heterocycles. The van der Waals surface area contributed by atoms with Crippen LogP contribution in [0.25, 0.3) is 0 Å². The van der Waals surface area contributed by atoms with E-state index >= 15 is 0 Å². The summed E-state index contributed by atoms with van der Waals surface area (Å²) >= 11 is 0. The van der Waals surface area contributed by atoms with Gasteiger partial charge in [0, 0.05) is 12.6 Å². The molecule has 0 fully saturated rings. The van der Waals surface area contributed by atoms with Crippen molar-refractivity contribution >= 4 is 12.0 Å². The van der Waals surface area contributed by atoms with Gasteiger partial charge in [-0.15, -0.1) is 0 Å². The van der Waals surface area contributed by atoms with Gasteiger partial charge in [-0.3, -0.25) is 9.79 Å². The van der Waals surface area contributed by atoms with Crippen LogP contribution in [0.3, 0.4) is 0 Å². The first-order valence-corrected chi connectivity index (χ1v) is 1.89. The number of ketones is 1. The number of Topliss-reactive ketones (excluding diaryl/α,β-unsaturated/α-hetero) is 1. The Morgan fingerprint density at radius 2 is 2.67 bits per heavy atom. The summed E-state index contributed by atoms with van der Waals surface area (Å²) in [7, 11) is 0. The van der Waals surface area contributed by atoms with Crippen molar-refractivity contribution in [3.8, 4) is 0 Å². The van der Waals surface area contributed by atoms with Crippen LogP contribution >= 0.6 is 0 Å². The van der Waals surface area contributed by atoms with Crippen molar-refractivity contribution < 1.29 is 4.79 Å². The summed E-state index contributed by atoms with van der Waals surface area (Å²) in [6.45, 7) is 0.417. The van der Waals surface area contributed by atoms with Gasteiger partial charge < -0.3 is 0 Å². The van der Waals surface area contributed by atoms with Crippen LogP contribution in [0, 0.1) is 0 Å². The molecular formula is C4H5NO. The summed E-state index contributed by atoms with van der Waals surface area (Å²) < 4.78 is 0. The second-order valence-electron chi connectivity index (χ2n) is 1.27. The first-order chi connectivity index (χ1) is 2.89. The molecule has 0 N–H and O–H groups in total. The molecule has 1 heterocycles. The van der Waals surface area contributed by atoms with Gasteiger partial charge in [-0.05, 0) is 0 Å². The zero-order valence-corrected chi connectivity index (χ0v) is 3.35. The lowest BCUT2D eigenvalue weighted by molar-refractivity contribution is -0.116. The van der Waals surface area contributed by atoms with Gasteiger partial charge in [0.25, 0.3) is 0 Å². The van der Waals surface area contributed by atoms with Crippen LogP contribution in [0.1, 0.15) is 6.42 Å². The Balaban J connectivity index is 2.52. The summed E-state index contributed by atoms with van der Waals surface area (Å²) in [4.78, 5) is 13.8. The standard InChI is InChI=1S/C4H5NO/c6-4-1-2-5-3-4/h2H,1,3H2. The highest BCUT2D eigenvalue weighted by molar-refractivity contribution is 5.97. The summed E-state index contributed by atoms with van der Waals surface area (Å²) in [5, 5.41) is 0. The van der Waals surface area contributed by atoms with Crippen LogP contribution in [0.2, 0.25) is 0 Å². The Kier molecular flexibility index (Phi) is 0.708. The van der Waals surface area contributed by atoms with E-state index in [1.54, 1.807) is 6.21 Å². The van der Waals surface area contributed by atoms with Crippen LogP contribution in [-0.2, 0) is 4.79 Å². The molecule has 0 atom stereocenters. The summed E-state index contributed by atoms with van der Waals surface area (Å²) in [6.07, 6.45) is 2.21. The summed E-state index contributed by atoms with van der Waals surface area (Å²) in [6, 6.07) is 0. The second-order valence-corrected chi connectivity index (χ2v) is 1.27. The van der Waals surface area contributed by atoms with Gasteiger partial charge in [-0.25, -0.2) is 0 Å². The van der Waals surface area contributed by atoms with Crippen LogP contribution in [0.15, 0.2) is 4.99 Å². The minimum atomic E-state index is 0.231. The van der Waals surface area contributed by atoms with E-state index in [4.69, 9.17) is 0 Å². The molecule has 0 radical (unpaired) electrons. The molecule has 0 saturated carbocycles. The average molecular weight is 83.1 g/mol. The SMILES string of the molecule is O=C1CC=NC1. The molecule has 2 nitrogen and oxygen atoms in total. The molecule has 0 unspecified atom stereocenters. The van der Waals surface area contributed by atoms with Crippen molar-refractivity contribution in [2.45, 2.75) is 6.42 Å². The van der Waals surface area contributed by atoms with Crippen molar-refractivity contribution in [3.63, 3.8) is 0 Å². The van der Waals surface area contributed by atoms with Crippen LogP contribution in [0.4, 0.5) is 0 Å². The van der Waals surface area contributed by atoms with Crippen molar-refractivity contribution in [3.05, 3.63) is 0 Å². The molecule has 0 aromatic rings. The van der Waals surface area contributed by atoms with Crippen molar-refractivity contribution in [1.82, 2.24) is 0 Å². The van der Waals surface area contributed by atoms with Gasteiger partial charge in [0.2, 0.25) is 0 Å². The molecule has 32 valence electrons. The maximum Gasteiger partial charge on any atom is 0.159 e. The Bertz CT molecular complexity index is 85.7. The van der Waals surface area contributed by atoms with Gasteiger partial charge in [0.1, 0.15) is 0 Å². The van der Waals surface area contributed by atoms with E-state index in [0.717, 1.165) is 0 Å². The highest BCUT2D eigenvalue weighted by Gasteiger charge is 2.00. The number of rotatable bonds is 0.